The van der Waals surface area contributed by atoms with Crippen LogP contribution in [0.1, 0.15) is 6.92 Å². The molecule has 0 fully saturated rings. The number of halogens is 2. The molecule has 0 aromatic heterocycles. The van der Waals surface area contributed by atoms with Gasteiger partial charge in [-0.3, -0.25) is 0 Å². The standard InChI is InChI=1S/C8H8Cl2O5S.Na/c1-5(15-16(11,12)13)14-8-3-2-6(9)4-7(8)10;/h2-5H,1H3,(H,11,12,13);/q;+1/p-1. The summed E-state index contributed by atoms with van der Waals surface area (Å²) >= 11 is 11.4. The van der Waals surface area contributed by atoms with Crippen LogP contribution < -0.4 is 34.3 Å². The average Bonchev–Trinajstić information content (AvgIpc) is 2.06. The Bertz CT molecular complexity index is 479. The molecule has 90 valence electrons. The van der Waals surface area contributed by atoms with Crippen LogP contribution in [-0.4, -0.2) is 19.3 Å². The van der Waals surface area contributed by atoms with Gasteiger partial charge in [-0.1, -0.05) is 23.2 Å². The largest absolute Gasteiger partial charge is 1.00 e. The van der Waals surface area contributed by atoms with Crippen molar-refractivity contribution in [3.63, 3.8) is 0 Å². The molecule has 9 heteroatoms. The molecule has 1 aromatic carbocycles. The molecule has 0 saturated carbocycles. The minimum Gasteiger partial charge on any atom is -0.725 e. The zero-order valence-electron chi connectivity index (χ0n) is 9.01. The monoisotopic (exact) mass is 308 g/mol. The summed E-state index contributed by atoms with van der Waals surface area (Å²) in [5, 5.41) is 0.591. The number of ether oxygens (including phenoxy) is 1. The fraction of sp³-hybridized carbons (Fsp3) is 0.250. The Morgan fingerprint density at radius 2 is 1.94 bits per heavy atom. The summed E-state index contributed by atoms with van der Waals surface area (Å²) < 4.78 is 39.8. The van der Waals surface area contributed by atoms with Crippen molar-refractivity contribution in [2.75, 3.05) is 0 Å². The van der Waals surface area contributed by atoms with E-state index in [0.29, 0.717) is 5.02 Å². The summed E-state index contributed by atoms with van der Waals surface area (Å²) in [7, 11) is -4.81. The van der Waals surface area contributed by atoms with Crippen molar-refractivity contribution >= 4 is 33.6 Å². The second kappa shape index (κ2) is 7.16. The predicted molar refractivity (Wildman–Crippen MR) is 57.3 cm³/mol. The molecule has 1 aromatic rings. The molecule has 0 aliphatic rings. The Kier molecular flexibility index (Phi) is 7.35. The summed E-state index contributed by atoms with van der Waals surface area (Å²) in [6.07, 6.45) is -1.26. The summed E-state index contributed by atoms with van der Waals surface area (Å²) in [6.45, 7) is 1.25. The van der Waals surface area contributed by atoms with Crippen LogP contribution in [0.3, 0.4) is 0 Å². The van der Waals surface area contributed by atoms with Gasteiger partial charge in [0.05, 0.1) is 5.02 Å². The van der Waals surface area contributed by atoms with E-state index in [4.69, 9.17) is 27.9 Å². The maximum Gasteiger partial charge on any atom is 1.00 e. The second-order valence-corrected chi connectivity index (χ2v) is 4.62. The molecule has 1 unspecified atom stereocenters. The maximum atomic E-state index is 10.3. The molecule has 0 bridgehead atoms. The van der Waals surface area contributed by atoms with E-state index in [2.05, 4.69) is 4.18 Å². The Morgan fingerprint density at radius 1 is 1.35 bits per heavy atom. The molecule has 0 spiro atoms. The summed E-state index contributed by atoms with van der Waals surface area (Å²) in [6, 6.07) is 4.35. The zero-order chi connectivity index (χ0) is 12.3. The van der Waals surface area contributed by atoms with Crippen molar-refractivity contribution in [1.29, 1.82) is 0 Å². The Balaban J connectivity index is 0.00000256. The van der Waals surface area contributed by atoms with E-state index in [-0.39, 0.29) is 40.3 Å². The van der Waals surface area contributed by atoms with Gasteiger partial charge in [0, 0.05) is 5.02 Å². The smallest absolute Gasteiger partial charge is 0.725 e. The second-order valence-electron chi connectivity index (χ2n) is 2.76. The Hall–Kier alpha value is 0.470. The first-order valence-corrected chi connectivity index (χ1v) is 6.12. The van der Waals surface area contributed by atoms with Crippen LogP contribution in [0.5, 0.6) is 5.75 Å². The van der Waals surface area contributed by atoms with E-state index in [1.54, 1.807) is 0 Å². The van der Waals surface area contributed by atoms with Gasteiger partial charge in [0.25, 0.3) is 0 Å². The molecular weight excluding hydrogens is 302 g/mol. The summed E-state index contributed by atoms with van der Waals surface area (Å²) in [5.74, 6) is 0.169. The number of benzene rings is 1. The fourth-order valence-electron chi connectivity index (χ4n) is 0.935. The van der Waals surface area contributed by atoms with Crippen LogP contribution in [0.2, 0.25) is 10.0 Å². The molecule has 0 radical (unpaired) electrons. The molecule has 0 aliphatic heterocycles. The van der Waals surface area contributed by atoms with Gasteiger partial charge in [0.1, 0.15) is 5.75 Å². The van der Waals surface area contributed by atoms with Crippen molar-refractivity contribution in [3.05, 3.63) is 28.2 Å². The Morgan fingerprint density at radius 3 is 2.41 bits per heavy atom. The first-order chi connectivity index (χ1) is 7.28. The number of hydrogen-bond acceptors (Lipinski definition) is 5. The molecular formula is C8H7Cl2NaO5S. The third kappa shape index (κ3) is 6.83. The Labute approximate surface area is 131 Å². The maximum absolute atomic E-state index is 10.3. The minimum absolute atomic E-state index is 0. The van der Waals surface area contributed by atoms with E-state index in [0.717, 1.165) is 0 Å². The fourth-order valence-corrected chi connectivity index (χ4v) is 1.76. The van der Waals surface area contributed by atoms with Gasteiger partial charge in [-0.2, -0.15) is 0 Å². The first kappa shape index (κ1) is 17.5. The van der Waals surface area contributed by atoms with Crippen molar-refractivity contribution in [2.24, 2.45) is 0 Å². The number of rotatable bonds is 4. The van der Waals surface area contributed by atoms with Crippen molar-refractivity contribution in [3.8, 4) is 5.75 Å². The van der Waals surface area contributed by atoms with E-state index in [9.17, 15) is 13.0 Å². The van der Waals surface area contributed by atoms with Crippen LogP contribution in [0.15, 0.2) is 18.2 Å². The van der Waals surface area contributed by atoms with Crippen LogP contribution in [0.25, 0.3) is 0 Å². The van der Waals surface area contributed by atoms with Gasteiger partial charge in [0.15, 0.2) is 0 Å². The quantitative estimate of drug-likeness (QED) is 0.315. The predicted octanol–water partition coefficient (Wildman–Crippen LogP) is -0.801. The molecule has 0 amide bonds. The van der Waals surface area contributed by atoms with Crippen LogP contribution >= 0.6 is 23.2 Å². The molecule has 17 heavy (non-hydrogen) atoms. The van der Waals surface area contributed by atoms with Gasteiger partial charge in [0.2, 0.25) is 16.7 Å². The third-order valence-corrected chi connectivity index (χ3v) is 2.48. The molecule has 1 atom stereocenters. The van der Waals surface area contributed by atoms with Crippen LogP contribution in [0, 0.1) is 0 Å². The topological polar surface area (TPSA) is 75.7 Å². The summed E-state index contributed by atoms with van der Waals surface area (Å²) in [5.41, 5.74) is 0. The van der Waals surface area contributed by atoms with Gasteiger partial charge in [-0.05, 0) is 25.1 Å². The molecule has 0 heterocycles. The molecule has 0 aliphatic carbocycles. The van der Waals surface area contributed by atoms with Gasteiger partial charge in [-0.25, -0.2) is 12.6 Å². The van der Waals surface area contributed by atoms with Gasteiger partial charge in [-0.15, -0.1) is 0 Å². The summed E-state index contributed by atoms with van der Waals surface area (Å²) in [4.78, 5) is 0. The molecule has 5 nitrogen and oxygen atoms in total. The van der Waals surface area contributed by atoms with Crippen LogP contribution in [-0.2, 0) is 14.6 Å². The molecule has 0 saturated heterocycles. The van der Waals surface area contributed by atoms with Crippen molar-refractivity contribution < 1.29 is 51.4 Å². The van der Waals surface area contributed by atoms with Crippen molar-refractivity contribution in [2.45, 2.75) is 13.2 Å². The van der Waals surface area contributed by atoms with Crippen LogP contribution in [0.4, 0.5) is 0 Å². The average molecular weight is 309 g/mol. The SMILES string of the molecule is CC(Oc1ccc(Cl)cc1Cl)OS(=O)(=O)[O-].[Na+]. The van der Waals surface area contributed by atoms with Crippen molar-refractivity contribution in [1.82, 2.24) is 0 Å². The van der Waals surface area contributed by atoms with Gasteiger partial charge < -0.3 is 9.29 Å². The minimum atomic E-state index is -4.81. The number of hydrogen-bond donors (Lipinski definition) is 0. The van der Waals surface area contributed by atoms with Gasteiger partial charge >= 0.3 is 29.6 Å². The third-order valence-electron chi connectivity index (χ3n) is 1.44. The van der Waals surface area contributed by atoms with E-state index in [1.807, 2.05) is 0 Å². The van der Waals surface area contributed by atoms with E-state index < -0.39 is 16.7 Å². The first-order valence-electron chi connectivity index (χ1n) is 4.04. The molecule has 0 N–H and O–H groups in total. The van der Waals surface area contributed by atoms with E-state index >= 15 is 0 Å². The van der Waals surface area contributed by atoms with E-state index in [1.165, 1.54) is 25.1 Å². The molecule has 1 rings (SSSR count). The normalized spacial score (nSPS) is 12.7. The zero-order valence-corrected chi connectivity index (χ0v) is 13.3.